The minimum Gasteiger partial charge on any atom is -0.338 e. The Morgan fingerprint density at radius 3 is 2.52 bits per heavy atom. The van der Waals surface area contributed by atoms with Crippen molar-refractivity contribution in [2.45, 2.75) is 33.2 Å². The van der Waals surface area contributed by atoms with Gasteiger partial charge in [-0.1, -0.05) is 37.3 Å². The molecule has 0 radical (unpaired) electrons. The first-order chi connectivity index (χ1) is 13.9. The van der Waals surface area contributed by atoms with E-state index in [9.17, 15) is 14.0 Å². The van der Waals surface area contributed by atoms with Crippen molar-refractivity contribution in [1.29, 1.82) is 0 Å². The van der Waals surface area contributed by atoms with Crippen molar-refractivity contribution in [3.05, 3.63) is 70.5 Å². The van der Waals surface area contributed by atoms with E-state index >= 15 is 0 Å². The van der Waals surface area contributed by atoms with Gasteiger partial charge < -0.3 is 9.80 Å². The summed E-state index contributed by atoms with van der Waals surface area (Å²) in [5, 5.41) is 0. The van der Waals surface area contributed by atoms with Gasteiger partial charge in [-0.25, -0.2) is 4.39 Å². The average Bonchev–Trinajstić information content (AvgIpc) is 3.25. The van der Waals surface area contributed by atoms with Crippen LogP contribution in [0.3, 0.4) is 0 Å². The number of amides is 2. The molecule has 2 aliphatic heterocycles. The minimum atomic E-state index is -0.467. The molecule has 2 aliphatic rings. The van der Waals surface area contributed by atoms with Crippen LogP contribution in [0, 0.1) is 31.5 Å². The van der Waals surface area contributed by atoms with E-state index in [0.717, 1.165) is 16.7 Å². The van der Waals surface area contributed by atoms with E-state index in [-0.39, 0.29) is 35.3 Å². The lowest BCUT2D eigenvalue weighted by Crippen LogP contribution is -2.37. The van der Waals surface area contributed by atoms with Gasteiger partial charge in [0.25, 0.3) is 5.91 Å². The number of benzene rings is 2. The third kappa shape index (κ3) is 3.43. The van der Waals surface area contributed by atoms with Gasteiger partial charge >= 0.3 is 0 Å². The Labute approximate surface area is 171 Å². The van der Waals surface area contributed by atoms with Crippen molar-refractivity contribution >= 4 is 11.8 Å². The molecule has 152 valence electrons. The molecular weight excluding hydrogens is 367 g/mol. The lowest BCUT2D eigenvalue weighted by molar-refractivity contribution is -0.132. The second kappa shape index (κ2) is 7.62. The number of halogens is 1. The fourth-order valence-corrected chi connectivity index (χ4v) is 4.95. The molecule has 4 nitrogen and oxygen atoms in total. The summed E-state index contributed by atoms with van der Waals surface area (Å²) in [7, 11) is 0. The van der Waals surface area contributed by atoms with Crippen LogP contribution >= 0.6 is 0 Å². The van der Waals surface area contributed by atoms with Crippen molar-refractivity contribution in [1.82, 2.24) is 9.80 Å². The second-order valence-electron chi connectivity index (χ2n) is 8.32. The van der Waals surface area contributed by atoms with Crippen LogP contribution < -0.4 is 0 Å². The predicted octanol–water partition coefficient (Wildman–Crippen LogP) is 4.12. The SMILES string of the molecule is CCC(=O)N1C[C@@H]2CN(C(=O)c3ccc(C)cc3F)C[C@@H]2[C@H]1c1ccccc1C. The highest BCUT2D eigenvalue weighted by atomic mass is 19.1. The van der Waals surface area contributed by atoms with Gasteiger partial charge in [-0.05, 0) is 42.7 Å². The summed E-state index contributed by atoms with van der Waals surface area (Å²) >= 11 is 0. The molecule has 2 saturated heterocycles. The maximum absolute atomic E-state index is 14.4. The summed E-state index contributed by atoms with van der Waals surface area (Å²) in [6.07, 6.45) is 0.471. The van der Waals surface area contributed by atoms with Crippen molar-refractivity contribution in [3.63, 3.8) is 0 Å². The van der Waals surface area contributed by atoms with Crippen LogP contribution in [0.25, 0.3) is 0 Å². The Morgan fingerprint density at radius 2 is 1.83 bits per heavy atom. The summed E-state index contributed by atoms with van der Waals surface area (Å²) in [5.41, 5.74) is 3.23. The second-order valence-corrected chi connectivity index (χ2v) is 8.32. The van der Waals surface area contributed by atoms with Gasteiger partial charge in [-0.15, -0.1) is 0 Å². The molecule has 0 spiro atoms. The normalized spacial score (nSPS) is 23.4. The zero-order valence-corrected chi connectivity index (χ0v) is 17.2. The van der Waals surface area contributed by atoms with Crippen LogP contribution in [0.1, 0.15) is 46.4 Å². The van der Waals surface area contributed by atoms with Crippen molar-refractivity contribution in [3.8, 4) is 0 Å². The maximum Gasteiger partial charge on any atom is 0.256 e. The molecule has 0 N–H and O–H groups in total. The van der Waals surface area contributed by atoms with Crippen LogP contribution in [0.2, 0.25) is 0 Å². The van der Waals surface area contributed by atoms with Crippen LogP contribution in [-0.4, -0.2) is 41.2 Å². The topological polar surface area (TPSA) is 40.6 Å². The Bertz CT molecular complexity index is 958. The molecule has 2 fully saturated rings. The first-order valence-electron chi connectivity index (χ1n) is 10.3. The molecule has 0 saturated carbocycles. The Hall–Kier alpha value is -2.69. The van der Waals surface area contributed by atoms with E-state index in [0.29, 0.717) is 26.1 Å². The number of rotatable bonds is 3. The molecule has 2 aromatic rings. The summed E-state index contributed by atoms with van der Waals surface area (Å²) in [6.45, 7) is 7.52. The lowest BCUT2D eigenvalue weighted by Gasteiger charge is -2.31. The highest BCUT2D eigenvalue weighted by Gasteiger charge is 2.50. The zero-order valence-electron chi connectivity index (χ0n) is 17.2. The molecule has 2 heterocycles. The quantitative estimate of drug-likeness (QED) is 0.786. The van der Waals surface area contributed by atoms with Gasteiger partial charge in [-0.3, -0.25) is 9.59 Å². The van der Waals surface area contributed by atoms with E-state index in [1.807, 2.05) is 30.9 Å². The zero-order chi connectivity index (χ0) is 20.7. The molecule has 3 atom stereocenters. The minimum absolute atomic E-state index is 0.0330. The number of carbonyl (C=O) groups is 2. The predicted molar refractivity (Wildman–Crippen MR) is 110 cm³/mol. The molecule has 0 unspecified atom stereocenters. The van der Waals surface area contributed by atoms with Crippen LogP contribution in [0.5, 0.6) is 0 Å². The van der Waals surface area contributed by atoms with Gasteiger partial charge in [0.2, 0.25) is 5.91 Å². The van der Waals surface area contributed by atoms with Crippen molar-refractivity contribution in [2.75, 3.05) is 19.6 Å². The molecule has 2 aromatic carbocycles. The average molecular weight is 394 g/mol. The van der Waals surface area contributed by atoms with Crippen molar-refractivity contribution < 1.29 is 14.0 Å². The van der Waals surface area contributed by atoms with Gasteiger partial charge in [0.1, 0.15) is 5.82 Å². The molecule has 4 rings (SSSR count). The van der Waals surface area contributed by atoms with Crippen molar-refractivity contribution in [2.24, 2.45) is 11.8 Å². The summed E-state index contributed by atoms with van der Waals surface area (Å²) in [6, 6.07) is 12.9. The number of nitrogens with zero attached hydrogens (tertiary/aromatic N) is 2. The van der Waals surface area contributed by atoms with Crippen LogP contribution in [0.15, 0.2) is 42.5 Å². The summed E-state index contributed by atoms with van der Waals surface area (Å²) in [4.78, 5) is 29.4. The van der Waals surface area contributed by atoms with E-state index in [2.05, 4.69) is 19.1 Å². The highest BCUT2D eigenvalue weighted by Crippen LogP contribution is 2.46. The fraction of sp³-hybridized carbons (Fsp3) is 0.417. The highest BCUT2D eigenvalue weighted by molar-refractivity contribution is 5.94. The van der Waals surface area contributed by atoms with E-state index in [1.165, 1.54) is 6.07 Å². The summed E-state index contributed by atoms with van der Waals surface area (Å²) < 4.78 is 14.4. The number of carbonyl (C=O) groups excluding carboxylic acids is 2. The van der Waals surface area contributed by atoms with Crippen LogP contribution in [0.4, 0.5) is 4.39 Å². The number of likely N-dealkylation sites (tertiary alicyclic amines) is 2. The van der Waals surface area contributed by atoms with E-state index in [1.54, 1.807) is 17.0 Å². The monoisotopic (exact) mass is 394 g/mol. The molecule has 0 aromatic heterocycles. The van der Waals surface area contributed by atoms with Gasteiger partial charge in [-0.2, -0.15) is 0 Å². The molecule has 2 amide bonds. The Balaban J connectivity index is 1.62. The van der Waals surface area contributed by atoms with E-state index in [4.69, 9.17) is 0 Å². The molecule has 29 heavy (non-hydrogen) atoms. The molecule has 0 bridgehead atoms. The number of aryl methyl sites for hydroxylation is 2. The lowest BCUT2D eigenvalue weighted by atomic mass is 9.87. The fourth-order valence-electron chi connectivity index (χ4n) is 4.95. The largest absolute Gasteiger partial charge is 0.338 e. The third-order valence-corrected chi connectivity index (χ3v) is 6.44. The molecular formula is C24H27FN2O2. The van der Waals surface area contributed by atoms with E-state index < -0.39 is 5.82 Å². The molecule has 5 heteroatoms. The van der Waals surface area contributed by atoms with Gasteiger partial charge in [0.15, 0.2) is 0 Å². The maximum atomic E-state index is 14.4. The van der Waals surface area contributed by atoms with Gasteiger partial charge in [0.05, 0.1) is 11.6 Å². The smallest absolute Gasteiger partial charge is 0.256 e. The first kappa shape index (κ1) is 19.6. The number of hydrogen-bond acceptors (Lipinski definition) is 2. The first-order valence-corrected chi connectivity index (χ1v) is 10.3. The Kier molecular flexibility index (Phi) is 5.15. The summed E-state index contributed by atoms with van der Waals surface area (Å²) in [5.74, 6) is -0.189. The molecule has 0 aliphatic carbocycles. The Morgan fingerprint density at radius 1 is 1.07 bits per heavy atom. The van der Waals surface area contributed by atoms with Gasteiger partial charge in [0, 0.05) is 37.9 Å². The number of fused-ring (bicyclic) bond motifs is 1. The standard InChI is InChI=1S/C24H27FN2O2/c1-4-22(28)27-13-17-12-26(24(29)19-10-9-15(2)11-21(19)25)14-20(17)23(27)18-8-6-5-7-16(18)3/h5-11,17,20,23H,4,12-14H2,1-3H3/t17-,20-,23+/m0/s1. The third-order valence-electron chi connectivity index (χ3n) is 6.44. The number of hydrogen-bond donors (Lipinski definition) is 0. The van der Waals surface area contributed by atoms with Crippen LogP contribution in [-0.2, 0) is 4.79 Å².